The summed E-state index contributed by atoms with van der Waals surface area (Å²) >= 11 is 1.18. The van der Waals surface area contributed by atoms with Crippen LogP contribution in [0.4, 0.5) is 5.69 Å². The average Bonchev–Trinajstić information content (AvgIpc) is 3.25. The van der Waals surface area contributed by atoms with E-state index in [9.17, 15) is 13.2 Å². The molecule has 0 saturated carbocycles. The summed E-state index contributed by atoms with van der Waals surface area (Å²) in [5.74, 6) is 0.357. The minimum Gasteiger partial charge on any atom is -0.484 e. The minimum atomic E-state index is -3.57. The molecule has 1 atom stereocenters. The van der Waals surface area contributed by atoms with Crippen molar-refractivity contribution >= 4 is 33.0 Å². The lowest BCUT2D eigenvalue weighted by atomic mass is 10.1. The standard InChI is InChI=1S/C21H30N2O4S2/c1-4-5-6-7-9-17(2)22-20(24)16-27-19-13-11-18(12-14-19)23(3)29(25,26)21-10-8-15-28-21/h8,10-15,17H,4-7,9,16H2,1-3H3,(H,22,24). The van der Waals surface area contributed by atoms with Gasteiger partial charge >= 0.3 is 0 Å². The number of nitrogens with zero attached hydrogens (tertiary/aromatic N) is 1. The number of amides is 1. The van der Waals surface area contributed by atoms with Crippen LogP contribution in [0.1, 0.15) is 46.0 Å². The van der Waals surface area contributed by atoms with Crippen LogP contribution in [-0.4, -0.2) is 34.0 Å². The lowest BCUT2D eigenvalue weighted by Gasteiger charge is -2.19. The van der Waals surface area contributed by atoms with Crippen LogP contribution in [0.15, 0.2) is 46.0 Å². The second-order valence-electron chi connectivity index (χ2n) is 7.01. The number of unbranched alkanes of at least 4 members (excludes halogenated alkanes) is 3. The van der Waals surface area contributed by atoms with Crippen molar-refractivity contribution in [2.75, 3.05) is 18.0 Å². The molecule has 8 heteroatoms. The number of carbonyl (C=O) groups excluding carboxylic acids is 1. The zero-order valence-corrected chi connectivity index (χ0v) is 18.9. The van der Waals surface area contributed by atoms with Gasteiger partial charge in [-0.1, -0.05) is 38.7 Å². The highest BCUT2D eigenvalue weighted by Crippen LogP contribution is 2.26. The Morgan fingerprint density at radius 1 is 1.17 bits per heavy atom. The van der Waals surface area contributed by atoms with Gasteiger partial charge in [0.15, 0.2) is 6.61 Å². The summed E-state index contributed by atoms with van der Waals surface area (Å²) in [5.41, 5.74) is 0.524. The van der Waals surface area contributed by atoms with Crippen molar-refractivity contribution in [3.05, 3.63) is 41.8 Å². The molecule has 0 saturated heterocycles. The fraction of sp³-hybridized carbons (Fsp3) is 0.476. The maximum Gasteiger partial charge on any atom is 0.273 e. The minimum absolute atomic E-state index is 0.0675. The Balaban J connectivity index is 1.82. The van der Waals surface area contributed by atoms with Crippen molar-refractivity contribution in [1.82, 2.24) is 5.32 Å². The van der Waals surface area contributed by atoms with Crippen LogP contribution in [0, 0.1) is 0 Å². The van der Waals surface area contributed by atoms with Gasteiger partial charge in [0.05, 0.1) is 5.69 Å². The van der Waals surface area contributed by atoms with E-state index < -0.39 is 10.0 Å². The number of nitrogens with one attached hydrogen (secondary N) is 1. The van der Waals surface area contributed by atoms with Gasteiger partial charge in [-0.2, -0.15) is 0 Å². The molecule has 0 aliphatic heterocycles. The smallest absolute Gasteiger partial charge is 0.273 e. The molecule has 1 N–H and O–H groups in total. The van der Waals surface area contributed by atoms with Crippen molar-refractivity contribution in [2.24, 2.45) is 0 Å². The summed E-state index contributed by atoms with van der Waals surface area (Å²) in [6, 6.07) is 10.1. The van der Waals surface area contributed by atoms with Gasteiger partial charge < -0.3 is 10.1 Å². The van der Waals surface area contributed by atoms with Crippen LogP contribution in [0.2, 0.25) is 0 Å². The Hall–Kier alpha value is -2.06. The Morgan fingerprint density at radius 2 is 1.90 bits per heavy atom. The quantitative estimate of drug-likeness (QED) is 0.498. The van der Waals surface area contributed by atoms with Gasteiger partial charge in [0.1, 0.15) is 9.96 Å². The lowest BCUT2D eigenvalue weighted by molar-refractivity contribution is -0.123. The van der Waals surface area contributed by atoms with Crippen molar-refractivity contribution in [3.8, 4) is 5.75 Å². The SMILES string of the molecule is CCCCCCC(C)NC(=O)COc1ccc(N(C)S(=O)(=O)c2cccs2)cc1. The molecule has 1 amide bonds. The first-order valence-corrected chi connectivity index (χ1v) is 12.2. The number of anilines is 1. The van der Waals surface area contributed by atoms with Gasteiger partial charge in [-0.05, 0) is 49.1 Å². The molecule has 0 aliphatic rings. The van der Waals surface area contributed by atoms with E-state index in [2.05, 4.69) is 12.2 Å². The van der Waals surface area contributed by atoms with E-state index in [0.29, 0.717) is 15.6 Å². The first-order valence-electron chi connectivity index (χ1n) is 9.89. The summed E-state index contributed by atoms with van der Waals surface area (Å²) in [4.78, 5) is 12.0. The number of ether oxygens (including phenoxy) is 1. The van der Waals surface area contributed by atoms with E-state index in [-0.39, 0.29) is 18.6 Å². The van der Waals surface area contributed by atoms with Crippen molar-refractivity contribution in [3.63, 3.8) is 0 Å². The first kappa shape index (κ1) is 23.2. The highest BCUT2D eigenvalue weighted by Gasteiger charge is 2.22. The molecule has 6 nitrogen and oxygen atoms in total. The monoisotopic (exact) mass is 438 g/mol. The van der Waals surface area contributed by atoms with E-state index >= 15 is 0 Å². The van der Waals surface area contributed by atoms with Crippen LogP contribution < -0.4 is 14.4 Å². The number of rotatable bonds is 12. The molecule has 1 unspecified atom stereocenters. The van der Waals surface area contributed by atoms with Crippen LogP contribution in [0.5, 0.6) is 5.75 Å². The van der Waals surface area contributed by atoms with Gasteiger partial charge in [0.2, 0.25) is 0 Å². The van der Waals surface area contributed by atoms with Crippen LogP contribution >= 0.6 is 11.3 Å². The summed E-state index contributed by atoms with van der Waals surface area (Å²) in [7, 11) is -2.05. The molecule has 1 aromatic carbocycles. The number of thiophene rings is 1. The van der Waals surface area contributed by atoms with Crippen LogP contribution in [0.25, 0.3) is 0 Å². The molecule has 1 heterocycles. The first-order chi connectivity index (χ1) is 13.8. The molecule has 0 spiro atoms. The molecule has 2 aromatic rings. The fourth-order valence-electron chi connectivity index (χ4n) is 2.85. The normalized spacial score (nSPS) is 12.4. The Labute approximate surface area is 177 Å². The van der Waals surface area contributed by atoms with E-state index in [1.54, 1.807) is 41.8 Å². The third kappa shape index (κ3) is 7.04. The zero-order valence-electron chi connectivity index (χ0n) is 17.3. The lowest BCUT2D eigenvalue weighted by Crippen LogP contribution is -2.36. The molecule has 0 radical (unpaired) electrons. The number of hydrogen-bond acceptors (Lipinski definition) is 5. The molecule has 2 rings (SSSR count). The number of hydrogen-bond donors (Lipinski definition) is 1. The van der Waals surface area contributed by atoms with Crippen molar-refractivity contribution in [1.29, 1.82) is 0 Å². The third-order valence-electron chi connectivity index (χ3n) is 4.58. The Bertz CT molecular complexity index is 849. The molecular formula is C21H30N2O4S2. The van der Waals surface area contributed by atoms with E-state index in [1.807, 2.05) is 6.92 Å². The van der Waals surface area contributed by atoms with E-state index in [4.69, 9.17) is 4.74 Å². The second kappa shape index (κ2) is 11.2. The molecule has 29 heavy (non-hydrogen) atoms. The van der Waals surface area contributed by atoms with E-state index in [1.165, 1.54) is 42.0 Å². The van der Waals surface area contributed by atoms with Crippen molar-refractivity contribution < 1.29 is 17.9 Å². The van der Waals surface area contributed by atoms with Gasteiger partial charge in [-0.3, -0.25) is 9.10 Å². The zero-order chi connectivity index (χ0) is 21.3. The topological polar surface area (TPSA) is 75.7 Å². The van der Waals surface area contributed by atoms with Crippen molar-refractivity contribution in [2.45, 2.75) is 56.2 Å². The predicted molar refractivity (Wildman–Crippen MR) is 118 cm³/mol. The van der Waals surface area contributed by atoms with Gasteiger partial charge in [-0.15, -0.1) is 11.3 Å². The number of benzene rings is 1. The highest BCUT2D eigenvalue weighted by molar-refractivity contribution is 7.94. The summed E-state index contributed by atoms with van der Waals surface area (Å²) in [6.45, 7) is 4.11. The van der Waals surface area contributed by atoms with Crippen LogP contribution in [0.3, 0.4) is 0 Å². The van der Waals surface area contributed by atoms with E-state index in [0.717, 1.165) is 12.8 Å². The van der Waals surface area contributed by atoms with Gasteiger partial charge in [0.25, 0.3) is 15.9 Å². The average molecular weight is 439 g/mol. The Morgan fingerprint density at radius 3 is 2.52 bits per heavy atom. The maximum absolute atomic E-state index is 12.6. The summed E-state index contributed by atoms with van der Waals surface area (Å²) < 4.78 is 32.2. The molecule has 0 fully saturated rings. The number of carbonyl (C=O) groups is 1. The molecular weight excluding hydrogens is 408 g/mol. The Kier molecular flexibility index (Phi) is 8.98. The number of sulfonamides is 1. The summed E-state index contributed by atoms with van der Waals surface area (Å²) in [5, 5.41) is 4.67. The highest BCUT2D eigenvalue weighted by atomic mass is 32.2. The third-order valence-corrected chi connectivity index (χ3v) is 7.74. The second-order valence-corrected chi connectivity index (χ2v) is 10.1. The molecule has 1 aromatic heterocycles. The maximum atomic E-state index is 12.6. The van der Waals surface area contributed by atoms with Gasteiger partial charge in [0, 0.05) is 13.1 Å². The summed E-state index contributed by atoms with van der Waals surface area (Å²) in [6.07, 6.45) is 5.69. The fourth-order valence-corrected chi connectivity index (χ4v) is 5.21. The van der Waals surface area contributed by atoms with Crippen LogP contribution in [-0.2, 0) is 14.8 Å². The van der Waals surface area contributed by atoms with Gasteiger partial charge in [-0.25, -0.2) is 8.42 Å². The molecule has 160 valence electrons. The molecule has 0 aliphatic carbocycles. The molecule has 0 bridgehead atoms. The predicted octanol–water partition coefficient (Wildman–Crippen LogP) is 4.43. The largest absolute Gasteiger partial charge is 0.484 e.